The standard InChI is InChI=1S/C28H35NO7/c1-4-7-10-19-33-22-15-13-21(14-16-22)27(31)29-23-11-8-9-12-24(23)36-25(28(32)35-18-6-3)20-26(30)34-17-5-2/h8-9,11-16,20H,4-7,10,17-19H2,1-3H3,(H,29,31)/b25-20+. The van der Waals surface area contributed by atoms with Gasteiger partial charge in [0.2, 0.25) is 5.76 Å². The van der Waals surface area contributed by atoms with Gasteiger partial charge in [-0.15, -0.1) is 0 Å². The Kier molecular flexibility index (Phi) is 12.6. The summed E-state index contributed by atoms with van der Waals surface area (Å²) in [5.41, 5.74) is 0.741. The molecule has 2 aromatic carbocycles. The van der Waals surface area contributed by atoms with Gasteiger partial charge in [-0.3, -0.25) is 4.79 Å². The maximum absolute atomic E-state index is 12.8. The van der Waals surface area contributed by atoms with Crippen LogP contribution in [0.5, 0.6) is 11.5 Å². The molecule has 8 nitrogen and oxygen atoms in total. The van der Waals surface area contributed by atoms with Crippen LogP contribution in [-0.2, 0) is 19.1 Å². The van der Waals surface area contributed by atoms with Crippen LogP contribution in [0.3, 0.4) is 0 Å². The molecule has 0 saturated heterocycles. The third kappa shape index (κ3) is 9.82. The molecule has 0 bridgehead atoms. The average Bonchev–Trinajstić information content (AvgIpc) is 2.89. The summed E-state index contributed by atoms with van der Waals surface area (Å²) < 4.78 is 21.6. The first-order chi connectivity index (χ1) is 17.5. The van der Waals surface area contributed by atoms with Gasteiger partial charge < -0.3 is 24.3 Å². The minimum Gasteiger partial charge on any atom is -0.494 e. The summed E-state index contributed by atoms with van der Waals surface area (Å²) in [4.78, 5) is 37.4. The zero-order valence-electron chi connectivity index (χ0n) is 21.2. The molecule has 0 saturated carbocycles. The molecular weight excluding hydrogens is 462 g/mol. The second-order valence-electron chi connectivity index (χ2n) is 7.94. The van der Waals surface area contributed by atoms with Crippen LogP contribution < -0.4 is 14.8 Å². The van der Waals surface area contributed by atoms with Crippen LogP contribution in [0.2, 0.25) is 0 Å². The summed E-state index contributed by atoms with van der Waals surface area (Å²) >= 11 is 0. The molecule has 0 aromatic heterocycles. The molecule has 36 heavy (non-hydrogen) atoms. The van der Waals surface area contributed by atoms with E-state index >= 15 is 0 Å². The lowest BCUT2D eigenvalue weighted by atomic mass is 10.2. The fourth-order valence-electron chi connectivity index (χ4n) is 2.96. The van der Waals surface area contributed by atoms with Crippen molar-refractivity contribution in [1.29, 1.82) is 0 Å². The Morgan fingerprint density at radius 2 is 1.50 bits per heavy atom. The number of benzene rings is 2. The monoisotopic (exact) mass is 497 g/mol. The topological polar surface area (TPSA) is 100 Å². The summed E-state index contributed by atoms with van der Waals surface area (Å²) in [6.45, 7) is 6.85. The van der Waals surface area contributed by atoms with Gasteiger partial charge in [0.25, 0.3) is 5.91 Å². The predicted octanol–water partition coefficient (Wildman–Crippen LogP) is 5.68. The van der Waals surface area contributed by atoms with E-state index in [1.54, 1.807) is 48.5 Å². The molecule has 0 aliphatic rings. The number of amides is 1. The second kappa shape index (κ2) is 16.0. The molecule has 8 heteroatoms. The lowest BCUT2D eigenvalue weighted by Crippen LogP contribution is -2.17. The fourth-order valence-corrected chi connectivity index (χ4v) is 2.96. The molecule has 0 radical (unpaired) electrons. The van der Waals surface area contributed by atoms with Crippen LogP contribution >= 0.6 is 0 Å². The molecule has 2 aromatic rings. The van der Waals surface area contributed by atoms with E-state index in [2.05, 4.69) is 12.2 Å². The van der Waals surface area contributed by atoms with Crippen LogP contribution in [0.25, 0.3) is 0 Å². The first-order valence-electron chi connectivity index (χ1n) is 12.3. The van der Waals surface area contributed by atoms with Crippen molar-refractivity contribution < 1.29 is 33.3 Å². The number of carbonyl (C=O) groups excluding carboxylic acids is 3. The fraction of sp³-hybridized carbons (Fsp3) is 0.393. The third-order valence-corrected chi connectivity index (χ3v) is 4.82. The summed E-state index contributed by atoms with van der Waals surface area (Å²) in [5, 5.41) is 2.78. The van der Waals surface area contributed by atoms with E-state index in [9.17, 15) is 14.4 Å². The maximum Gasteiger partial charge on any atom is 0.374 e. The van der Waals surface area contributed by atoms with Gasteiger partial charge in [-0.05, 0) is 55.7 Å². The highest BCUT2D eigenvalue weighted by Gasteiger charge is 2.19. The van der Waals surface area contributed by atoms with Crippen molar-refractivity contribution in [2.75, 3.05) is 25.1 Å². The predicted molar refractivity (Wildman–Crippen MR) is 137 cm³/mol. The van der Waals surface area contributed by atoms with Gasteiger partial charge in [0.15, 0.2) is 5.75 Å². The van der Waals surface area contributed by atoms with Crippen molar-refractivity contribution in [3.8, 4) is 11.5 Å². The zero-order chi connectivity index (χ0) is 26.2. The van der Waals surface area contributed by atoms with Crippen LogP contribution in [0.15, 0.2) is 60.4 Å². The quantitative estimate of drug-likeness (QED) is 0.146. The Balaban J connectivity index is 2.14. The van der Waals surface area contributed by atoms with E-state index in [1.165, 1.54) is 0 Å². The zero-order valence-corrected chi connectivity index (χ0v) is 21.2. The maximum atomic E-state index is 12.8. The molecule has 0 atom stereocenters. The number of esters is 2. The van der Waals surface area contributed by atoms with Crippen molar-refractivity contribution in [1.82, 2.24) is 0 Å². The first kappa shape index (κ1) is 28.4. The molecule has 0 fully saturated rings. The van der Waals surface area contributed by atoms with Crippen molar-refractivity contribution >= 4 is 23.5 Å². The minimum atomic E-state index is -0.805. The summed E-state index contributed by atoms with van der Waals surface area (Å²) in [7, 11) is 0. The van der Waals surface area contributed by atoms with Crippen molar-refractivity contribution in [2.45, 2.75) is 52.9 Å². The molecule has 0 spiro atoms. The molecule has 194 valence electrons. The van der Waals surface area contributed by atoms with Crippen LogP contribution in [0, 0.1) is 0 Å². The Morgan fingerprint density at radius 3 is 2.19 bits per heavy atom. The Morgan fingerprint density at radius 1 is 0.806 bits per heavy atom. The number of nitrogens with one attached hydrogen (secondary N) is 1. The lowest BCUT2D eigenvalue weighted by molar-refractivity contribution is -0.143. The number of rotatable bonds is 15. The van der Waals surface area contributed by atoms with E-state index in [1.807, 2.05) is 13.8 Å². The van der Waals surface area contributed by atoms with E-state index in [-0.39, 0.29) is 30.6 Å². The highest BCUT2D eigenvalue weighted by Crippen LogP contribution is 2.27. The SMILES string of the molecule is CCCCCOc1ccc(C(=O)Nc2ccccc2O/C(=C/C(=O)OCCC)C(=O)OCCC)cc1. The first-order valence-corrected chi connectivity index (χ1v) is 12.3. The average molecular weight is 498 g/mol. The summed E-state index contributed by atoms with van der Waals surface area (Å²) in [5.74, 6) is -1.37. The van der Waals surface area contributed by atoms with Gasteiger partial charge in [-0.25, -0.2) is 9.59 Å². The second-order valence-corrected chi connectivity index (χ2v) is 7.94. The van der Waals surface area contributed by atoms with E-state index in [4.69, 9.17) is 18.9 Å². The molecule has 0 aliphatic heterocycles. The molecule has 0 unspecified atom stereocenters. The number of carbonyl (C=O) groups is 3. The molecule has 0 aliphatic carbocycles. The minimum absolute atomic E-state index is 0.167. The number of ether oxygens (including phenoxy) is 4. The highest BCUT2D eigenvalue weighted by atomic mass is 16.6. The molecule has 2 rings (SSSR count). The Bertz CT molecular complexity index is 1010. The van der Waals surface area contributed by atoms with Gasteiger partial charge in [0.1, 0.15) is 5.75 Å². The molecule has 0 heterocycles. The summed E-state index contributed by atoms with van der Waals surface area (Å²) in [6.07, 6.45) is 5.40. The normalized spacial score (nSPS) is 10.9. The number of anilines is 1. The van der Waals surface area contributed by atoms with Gasteiger partial charge in [-0.1, -0.05) is 45.7 Å². The number of para-hydroxylation sites is 2. The Hall–Kier alpha value is -3.81. The largest absolute Gasteiger partial charge is 0.494 e. The van der Waals surface area contributed by atoms with Crippen molar-refractivity contribution in [3.63, 3.8) is 0 Å². The van der Waals surface area contributed by atoms with E-state index < -0.39 is 11.9 Å². The van der Waals surface area contributed by atoms with Crippen LogP contribution in [0.1, 0.15) is 63.2 Å². The van der Waals surface area contributed by atoms with Gasteiger partial charge in [-0.2, -0.15) is 0 Å². The molecule has 1 N–H and O–H groups in total. The van der Waals surface area contributed by atoms with Crippen LogP contribution in [-0.4, -0.2) is 37.7 Å². The number of unbranched alkanes of at least 4 members (excludes halogenated alkanes) is 2. The van der Waals surface area contributed by atoms with Crippen molar-refractivity contribution in [3.05, 3.63) is 65.9 Å². The van der Waals surface area contributed by atoms with E-state index in [0.29, 0.717) is 36.4 Å². The lowest BCUT2D eigenvalue weighted by Gasteiger charge is -2.14. The smallest absolute Gasteiger partial charge is 0.374 e. The molecule has 1 amide bonds. The highest BCUT2D eigenvalue weighted by molar-refractivity contribution is 6.05. The van der Waals surface area contributed by atoms with E-state index in [0.717, 1.165) is 25.3 Å². The Labute approximate surface area is 212 Å². The third-order valence-electron chi connectivity index (χ3n) is 4.82. The van der Waals surface area contributed by atoms with Gasteiger partial charge >= 0.3 is 11.9 Å². The number of hydrogen-bond donors (Lipinski definition) is 1. The van der Waals surface area contributed by atoms with Gasteiger partial charge in [0.05, 0.1) is 31.6 Å². The van der Waals surface area contributed by atoms with Crippen LogP contribution in [0.4, 0.5) is 5.69 Å². The van der Waals surface area contributed by atoms with Crippen molar-refractivity contribution in [2.24, 2.45) is 0 Å². The van der Waals surface area contributed by atoms with Gasteiger partial charge in [0, 0.05) is 5.56 Å². The number of hydrogen-bond acceptors (Lipinski definition) is 7. The summed E-state index contributed by atoms with van der Waals surface area (Å²) in [6, 6.07) is 13.4. The molecular formula is C28H35NO7.